The highest BCUT2D eigenvalue weighted by Gasteiger charge is 2.42. The highest BCUT2D eigenvalue weighted by Crippen LogP contribution is 2.27. The number of ether oxygens (including phenoxy) is 2. The van der Waals surface area contributed by atoms with Gasteiger partial charge in [-0.2, -0.15) is 0 Å². The van der Waals surface area contributed by atoms with Gasteiger partial charge in [-0.15, -0.1) is 11.3 Å². The summed E-state index contributed by atoms with van der Waals surface area (Å²) < 4.78 is 10.5. The number of hydrogen-bond donors (Lipinski definition) is 0. The Bertz CT molecular complexity index is 806. The molecular formula is C21H26N2O4S. The van der Waals surface area contributed by atoms with Gasteiger partial charge in [0.25, 0.3) is 0 Å². The maximum atomic E-state index is 12.5. The maximum Gasteiger partial charge on any atom is 0.325 e. The highest BCUT2D eigenvalue weighted by molar-refractivity contribution is 7.13. The first-order chi connectivity index (χ1) is 13.5. The van der Waals surface area contributed by atoms with Crippen LogP contribution >= 0.6 is 11.3 Å². The summed E-state index contributed by atoms with van der Waals surface area (Å²) in [6.45, 7) is 6.30. The van der Waals surface area contributed by atoms with Crippen molar-refractivity contribution in [1.29, 1.82) is 0 Å². The van der Waals surface area contributed by atoms with Gasteiger partial charge >= 0.3 is 11.9 Å². The smallest absolute Gasteiger partial charge is 0.325 e. The summed E-state index contributed by atoms with van der Waals surface area (Å²) in [5, 5.41) is 2.88. The molecule has 1 aromatic carbocycles. The van der Waals surface area contributed by atoms with E-state index < -0.39 is 12.1 Å². The van der Waals surface area contributed by atoms with Crippen molar-refractivity contribution in [3.8, 4) is 10.6 Å². The average Bonchev–Trinajstić information content (AvgIpc) is 3.28. The van der Waals surface area contributed by atoms with Crippen molar-refractivity contribution in [2.45, 2.75) is 45.7 Å². The van der Waals surface area contributed by atoms with E-state index in [9.17, 15) is 9.59 Å². The molecule has 0 aliphatic carbocycles. The molecule has 1 aliphatic rings. The Labute approximate surface area is 169 Å². The predicted octanol–water partition coefficient (Wildman–Crippen LogP) is 3.52. The van der Waals surface area contributed by atoms with Gasteiger partial charge in [0.1, 0.15) is 23.8 Å². The van der Waals surface area contributed by atoms with E-state index in [2.05, 4.69) is 4.98 Å². The van der Waals surface area contributed by atoms with E-state index in [1.165, 1.54) is 0 Å². The van der Waals surface area contributed by atoms with Crippen molar-refractivity contribution >= 4 is 23.3 Å². The van der Waals surface area contributed by atoms with Crippen LogP contribution in [0.4, 0.5) is 0 Å². The lowest BCUT2D eigenvalue weighted by Crippen LogP contribution is -2.48. The molecule has 28 heavy (non-hydrogen) atoms. The minimum atomic E-state index is -0.529. The van der Waals surface area contributed by atoms with Gasteiger partial charge < -0.3 is 9.47 Å². The topological polar surface area (TPSA) is 68.7 Å². The molecular weight excluding hydrogens is 376 g/mol. The van der Waals surface area contributed by atoms with Crippen LogP contribution in [-0.4, -0.2) is 47.2 Å². The molecule has 1 aliphatic heterocycles. The van der Waals surface area contributed by atoms with Gasteiger partial charge in [-0.05, 0) is 19.3 Å². The van der Waals surface area contributed by atoms with Crippen molar-refractivity contribution in [2.75, 3.05) is 13.3 Å². The standard InChI is InChI=1S/C21H26N2O4S/c1-4-26-20(24)17(10-14(2)3)23-13-27-21(25)18(23)11-16-12-28-19(22-16)15-8-6-5-7-9-15/h5-9,12,14,17-18H,4,10-11,13H2,1-3H3/t17-,18?/m0/s1. The van der Waals surface area contributed by atoms with Gasteiger partial charge in [0.15, 0.2) is 0 Å². The normalized spacial score (nSPS) is 18.3. The van der Waals surface area contributed by atoms with Crippen LogP contribution in [0.1, 0.15) is 32.9 Å². The van der Waals surface area contributed by atoms with Gasteiger partial charge in [0.2, 0.25) is 0 Å². The van der Waals surface area contributed by atoms with Crippen LogP contribution in [0.15, 0.2) is 35.7 Å². The third-order valence-electron chi connectivity index (χ3n) is 4.66. The minimum Gasteiger partial charge on any atom is -0.465 e. The van der Waals surface area contributed by atoms with E-state index in [4.69, 9.17) is 9.47 Å². The van der Waals surface area contributed by atoms with Gasteiger partial charge in [-0.3, -0.25) is 9.59 Å². The molecule has 1 aromatic heterocycles. The molecule has 2 heterocycles. The molecule has 1 fully saturated rings. The lowest BCUT2D eigenvalue weighted by molar-refractivity contribution is -0.151. The summed E-state index contributed by atoms with van der Waals surface area (Å²) in [5.74, 6) is -0.329. The van der Waals surface area contributed by atoms with Crippen LogP contribution in [-0.2, 0) is 25.5 Å². The fourth-order valence-corrected chi connectivity index (χ4v) is 4.17. The van der Waals surface area contributed by atoms with E-state index in [0.29, 0.717) is 19.4 Å². The van der Waals surface area contributed by atoms with Crippen LogP contribution in [0.3, 0.4) is 0 Å². The molecule has 3 rings (SSSR count). The highest BCUT2D eigenvalue weighted by atomic mass is 32.1. The first-order valence-electron chi connectivity index (χ1n) is 9.58. The molecule has 6 nitrogen and oxygen atoms in total. The zero-order chi connectivity index (χ0) is 20.1. The molecule has 1 unspecified atom stereocenters. The van der Waals surface area contributed by atoms with E-state index in [0.717, 1.165) is 16.3 Å². The Balaban J connectivity index is 1.78. The van der Waals surface area contributed by atoms with Crippen LogP contribution in [0.5, 0.6) is 0 Å². The van der Waals surface area contributed by atoms with E-state index in [1.807, 2.05) is 54.5 Å². The summed E-state index contributed by atoms with van der Waals surface area (Å²) in [6, 6.07) is 8.91. The summed E-state index contributed by atoms with van der Waals surface area (Å²) in [6.07, 6.45) is 1.02. The molecule has 0 bridgehead atoms. The minimum absolute atomic E-state index is 0.107. The van der Waals surface area contributed by atoms with Gasteiger partial charge in [-0.25, -0.2) is 9.88 Å². The Morgan fingerprint density at radius 1 is 1.36 bits per heavy atom. The summed E-state index contributed by atoms with van der Waals surface area (Å²) >= 11 is 1.55. The molecule has 2 atom stereocenters. The third-order valence-corrected chi connectivity index (χ3v) is 5.60. The maximum absolute atomic E-state index is 12.5. The Kier molecular flexibility index (Phi) is 6.80. The third kappa shape index (κ3) is 4.77. The number of aromatic nitrogens is 1. The number of esters is 2. The number of thiazole rings is 1. The summed E-state index contributed by atoms with van der Waals surface area (Å²) in [5.41, 5.74) is 1.87. The molecule has 0 radical (unpaired) electrons. The van der Waals surface area contributed by atoms with Crippen LogP contribution in [0.25, 0.3) is 10.6 Å². The fourth-order valence-electron chi connectivity index (χ4n) is 3.33. The summed E-state index contributed by atoms with van der Waals surface area (Å²) in [7, 11) is 0. The second-order valence-corrected chi connectivity index (χ2v) is 8.09. The van der Waals surface area contributed by atoms with Crippen molar-refractivity contribution in [1.82, 2.24) is 9.88 Å². The fraction of sp³-hybridized carbons (Fsp3) is 0.476. The molecule has 0 amide bonds. The molecule has 1 saturated heterocycles. The largest absolute Gasteiger partial charge is 0.465 e. The van der Waals surface area contributed by atoms with Crippen LogP contribution in [0, 0.1) is 5.92 Å². The zero-order valence-electron chi connectivity index (χ0n) is 16.5. The molecule has 0 N–H and O–H groups in total. The predicted molar refractivity (Wildman–Crippen MR) is 108 cm³/mol. The number of cyclic esters (lactones) is 1. The monoisotopic (exact) mass is 402 g/mol. The first kappa shape index (κ1) is 20.5. The Morgan fingerprint density at radius 3 is 2.79 bits per heavy atom. The number of nitrogens with zero attached hydrogens (tertiary/aromatic N) is 2. The van der Waals surface area contributed by atoms with Gasteiger partial charge in [0, 0.05) is 17.4 Å². The van der Waals surface area contributed by atoms with Crippen LogP contribution in [0.2, 0.25) is 0 Å². The van der Waals surface area contributed by atoms with E-state index >= 15 is 0 Å². The second kappa shape index (κ2) is 9.30. The Hall–Kier alpha value is -2.25. The van der Waals surface area contributed by atoms with Crippen molar-refractivity contribution < 1.29 is 19.1 Å². The quantitative estimate of drug-likeness (QED) is 0.630. The lowest BCUT2D eigenvalue weighted by Gasteiger charge is -2.28. The number of hydrogen-bond acceptors (Lipinski definition) is 7. The molecule has 0 saturated carbocycles. The molecule has 0 spiro atoms. The first-order valence-corrected chi connectivity index (χ1v) is 10.5. The van der Waals surface area contributed by atoms with Crippen molar-refractivity contribution in [3.63, 3.8) is 0 Å². The Morgan fingerprint density at radius 2 is 2.11 bits per heavy atom. The number of rotatable bonds is 8. The van der Waals surface area contributed by atoms with Crippen LogP contribution < -0.4 is 0 Å². The van der Waals surface area contributed by atoms with Crippen molar-refractivity contribution in [3.05, 3.63) is 41.4 Å². The number of carbonyl (C=O) groups excluding carboxylic acids is 2. The summed E-state index contributed by atoms with van der Waals surface area (Å²) in [4.78, 5) is 31.4. The SMILES string of the molecule is CCOC(=O)[C@H](CC(C)C)N1COC(=O)C1Cc1csc(-c2ccccc2)n1. The number of carbonyl (C=O) groups is 2. The van der Waals surface area contributed by atoms with E-state index in [-0.39, 0.29) is 24.6 Å². The molecule has 150 valence electrons. The molecule has 2 aromatic rings. The van der Waals surface area contributed by atoms with Gasteiger partial charge in [0.05, 0.1) is 12.3 Å². The average molecular weight is 403 g/mol. The molecule has 7 heteroatoms. The second-order valence-electron chi connectivity index (χ2n) is 7.23. The van der Waals surface area contributed by atoms with Crippen molar-refractivity contribution in [2.24, 2.45) is 5.92 Å². The van der Waals surface area contributed by atoms with Gasteiger partial charge in [-0.1, -0.05) is 44.2 Å². The lowest BCUT2D eigenvalue weighted by atomic mass is 10.0. The number of benzene rings is 1. The zero-order valence-corrected chi connectivity index (χ0v) is 17.3. The van der Waals surface area contributed by atoms with E-state index in [1.54, 1.807) is 18.3 Å².